The lowest BCUT2D eigenvalue weighted by Crippen LogP contribution is -2.43. The molecule has 0 aliphatic rings. The van der Waals surface area contributed by atoms with Crippen LogP contribution in [0.3, 0.4) is 0 Å². The highest BCUT2D eigenvalue weighted by molar-refractivity contribution is 5.79. The lowest BCUT2D eigenvalue weighted by molar-refractivity contribution is 0.424. The molecule has 3 N–H and O–H groups in total. The number of guanidine groups is 1. The lowest BCUT2D eigenvalue weighted by atomic mass is 10.1. The Labute approximate surface area is 81.2 Å². The average molecular weight is 186 g/mol. The fourth-order valence-corrected chi connectivity index (χ4v) is 0.984. The van der Waals surface area contributed by atoms with Crippen LogP contribution in [-0.4, -0.2) is 31.0 Å². The minimum atomic E-state index is 0.711. The summed E-state index contributed by atoms with van der Waals surface area (Å²) in [6.45, 7) is 8.15. The van der Waals surface area contributed by atoms with E-state index in [1.54, 1.807) is 0 Å². The number of nitrogens with zero attached hydrogens (tertiary/aromatic N) is 2. The summed E-state index contributed by atoms with van der Waals surface area (Å²) in [5.41, 5.74) is 2.60. The molecule has 0 saturated carbocycles. The topological polar surface area (TPSA) is 53.6 Å². The van der Waals surface area contributed by atoms with E-state index in [4.69, 9.17) is 5.84 Å². The van der Waals surface area contributed by atoms with Gasteiger partial charge < -0.3 is 4.90 Å². The van der Waals surface area contributed by atoms with E-state index < -0.39 is 0 Å². The van der Waals surface area contributed by atoms with Gasteiger partial charge in [0.05, 0.1) is 0 Å². The standard InChI is InChI=1S/C9H22N4/c1-5-11-9(12-10)13(4)7-6-8(2)3/h8H,5-7,10H2,1-4H3,(H,11,12). The quantitative estimate of drug-likeness (QED) is 0.295. The molecular weight excluding hydrogens is 164 g/mol. The maximum Gasteiger partial charge on any atom is 0.208 e. The van der Waals surface area contributed by atoms with E-state index in [2.05, 4.69) is 24.3 Å². The molecule has 0 aliphatic carbocycles. The molecule has 0 aromatic rings. The molecule has 78 valence electrons. The average Bonchev–Trinajstić information content (AvgIpc) is 2.10. The van der Waals surface area contributed by atoms with Crippen LogP contribution in [-0.2, 0) is 0 Å². The molecule has 0 aliphatic heterocycles. The van der Waals surface area contributed by atoms with Crippen molar-refractivity contribution in [3.63, 3.8) is 0 Å². The predicted octanol–water partition coefficient (Wildman–Crippen LogP) is 0.804. The highest BCUT2D eigenvalue weighted by Gasteiger charge is 2.04. The van der Waals surface area contributed by atoms with Crippen molar-refractivity contribution in [1.82, 2.24) is 10.3 Å². The van der Waals surface area contributed by atoms with Crippen molar-refractivity contribution >= 4 is 5.96 Å². The predicted molar refractivity (Wildman–Crippen MR) is 57.4 cm³/mol. The van der Waals surface area contributed by atoms with Crippen LogP contribution in [0.4, 0.5) is 0 Å². The third-order valence-electron chi connectivity index (χ3n) is 1.84. The van der Waals surface area contributed by atoms with Crippen molar-refractivity contribution in [3.05, 3.63) is 0 Å². The molecule has 0 bridgehead atoms. The highest BCUT2D eigenvalue weighted by atomic mass is 15.4. The van der Waals surface area contributed by atoms with Crippen molar-refractivity contribution in [2.24, 2.45) is 16.8 Å². The Morgan fingerprint density at radius 2 is 2.15 bits per heavy atom. The molecule has 0 unspecified atom stereocenters. The number of nitrogens with two attached hydrogens (primary N) is 1. The van der Waals surface area contributed by atoms with Gasteiger partial charge in [-0.2, -0.15) is 0 Å². The Morgan fingerprint density at radius 1 is 1.54 bits per heavy atom. The number of rotatable bonds is 4. The molecular formula is C9H22N4. The summed E-state index contributed by atoms with van der Waals surface area (Å²) in [4.78, 5) is 6.27. The van der Waals surface area contributed by atoms with Crippen molar-refractivity contribution in [2.45, 2.75) is 27.2 Å². The van der Waals surface area contributed by atoms with Gasteiger partial charge in [0.2, 0.25) is 5.96 Å². The maximum atomic E-state index is 5.34. The van der Waals surface area contributed by atoms with E-state index in [0.717, 1.165) is 25.5 Å². The molecule has 0 heterocycles. The van der Waals surface area contributed by atoms with Gasteiger partial charge >= 0.3 is 0 Å². The molecule has 0 amide bonds. The van der Waals surface area contributed by atoms with Crippen LogP contribution in [0.25, 0.3) is 0 Å². The largest absolute Gasteiger partial charge is 0.345 e. The monoisotopic (exact) mass is 186 g/mol. The summed E-state index contributed by atoms with van der Waals surface area (Å²) in [6.07, 6.45) is 1.15. The third kappa shape index (κ3) is 5.47. The summed E-state index contributed by atoms with van der Waals surface area (Å²) >= 11 is 0. The molecule has 0 rings (SSSR count). The summed E-state index contributed by atoms with van der Waals surface area (Å²) < 4.78 is 0. The Morgan fingerprint density at radius 3 is 2.54 bits per heavy atom. The molecule has 0 spiro atoms. The van der Waals surface area contributed by atoms with E-state index in [-0.39, 0.29) is 0 Å². The third-order valence-corrected chi connectivity index (χ3v) is 1.84. The number of nitrogens with one attached hydrogen (secondary N) is 1. The van der Waals surface area contributed by atoms with Gasteiger partial charge in [0, 0.05) is 20.1 Å². The fraction of sp³-hybridized carbons (Fsp3) is 0.889. The molecule has 0 radical (unpaired) electrons. The van der Waals surface area contributed by atoms with Gasteiger partial charge in [-0.3, -0.25) is 10.4 Å². The van der Waals surface area contributed by atoms with Gasteiger partial charge in [-0.05, 0) is 19.3 Å². The van der Waals surface area contributed by atoms with Crippen molar-refractivity contribution in [1.29, 1.82) is 0 Å². The van der Waals surface area contributed by atoms with E-state index in [1.165, 1.54) is 0 Å². The Balaban J connectivity index is 3.91. The highest BCUT2D eigenvalue weighted by Crippen LogP contribution is 2.00. The summed E-state index contributed by atoms with van der Waals surface area (Å²) in [6, 6.07) is 0. The summed E-state index contributed by atoms with van der Waals surface area (Å²) in [5.74, 6) is 6.82. The molecule has 0 aromatic heterocycles. The van der Waals surface area contributed by atoms with Crippen molar-refractivity contribution < 1.29 is 0 Å². The maximum absolute atomic E-state index is 5.34. The molecule has 13 heavy (non-hydrogen) atoms. The van der Waals surface area contributed by atoms with Crippen LogP contribution < -0.4 is 11.3 Å². The second-order valence-electron chi connectivity index (χ2n) is 3.55. The van der Waals surface area contributed by atoms with E-state index >= 15 is 0 Å². The summed E-state index contributed by atoms with van der Waals surface area (Å²) in [7, 11) is 2.00. The molecule has 4 heteroatoms. The first-order valence-corrected chi connectivity index (χ1v) is 4.84. The lowest BCUT2D eigenvalue weighted by Gasteiger charge is -2.21. The Hall–Kier alpha value is -0.770. The van der Waals surface area contributed by atoms with Gasteiger partial charge in [-0.15, -0.1) is 0 Å². The number of hydrogen-bond donors (Lipinski definition) is 2. The van der Waals surface area contributed by atoms with Crippen LogP contribution in [0.2, 0.25) is 0 Å². The van der Waals surface area contributed by atoms with Gasteiger partial charge in [-0.25, -0.2) is 5.84 Å². The summed E-state index contributed by atoms with van der Waals surface area (Å²) in [5, 5.41) is 0. The van der Waals surface area contributed by atoms with Crippen molar-refractivity contribution in [3.8, 4) is 0 Å². The van der Waals surface area contributed by atoms with Crippen LogP contribution in [0.1, 0.15) is 27.2 Å². The first kappa shape index (κ1) is 12.2. The number of hydrogen-bond acceptors (Lipinski definition) is 2. The molecule has 0 atom stereocenters. The first-order valence-electron chi connectivity index (χ1n) is 4.84. The zero-order valence-electron chi connectivity index (χ0n) is 9.17. The normalized spacial score (nSPS) is 12.0. The van der Waals surface area contributed by atoms with Gasteiger partial charge in [-0.1, -0.05) is 13.8 Å². The van der Waals surface area contributed by atoms with Crippen LogP contribution in [0.5, 0.6) is 0 Å². The van der Waals surface area contributed by atoms with Crippen LogP contribution >= 0.6 is 0 Å². The Bertz CT molecular complexity index is 154. The number of aliphatic imine (C=N–C) groups is 1. The van der Waals surface area contributed by atoms with E-state index in [9.17, 15) is 0 Å². The minimum Gasteiger partial charge on any atom is -0.345 e. The van der Waals surface area contributed by atoms with Crippen LogP contribution in [0, 0.1) is 5.92 Å². The van der Waals surface area contributed by atoms with Crippen molar-refractivity contribution in [2.75, 3.05) is 20.1 Å². The van der Waals surface area contributed by atoms with Gasteiger partial charge in [0.25, 0.3) is 0 Å². The second-order valence-corrected chi connectivity index (χ2v) is 3.55. The van der Waals surface area contributed by atoms with E-state index in [0.29, 0.717) is 5.92 Å². The van der Waals surface area contributed by atoms with Crippen LogP contribution in [0.15, 0.2) is 4.99 Å². The molecule has 0 fully saturated rings. The smallest absolute Gasteiger partial charge is 0.208 e. The molecule has 0 saturated heterocycles. The SMILES string of the molecule is CCN=C(NN)N(C)CCC(C)C. The van der Waals surface area contributed by atoms with Gasteiger partial charge in [0.1, 0.15) is 0 Å². The zero-order valence-corrected chi connectivity index (χ0v) is 9.17. The number of hydrazine groups is 1. The molecule has 4 nitrogen and oxygen atoms in total. The van der Waals surface area contributed by atoms with Gasteiger partial charge in [0.15, 0.2) is 0 Å². The Kier molecular flexibility index (Phi) is 6.32. The fourth-order valence-electron chi connectivity index (χ4n) is 0.984. The second kappa shape index (κ2) is 6.71. The van der Waals surface area contributed by atoms with E-state index in [1.807, 2.05) is 18.9 Å². The molecule has 0 aromatic carbocycles. The first-order chi connectivity index (χ1) is 6.11. The zero-order chi connectivity index (χ0) is 10.3. The minimum absolute atomic E-state index is 0.711.